The summed E-state index contributed by atoms with van der Waals surface area (Å²) in [5, 5.41) is 3.38. The summed E-state index contributed by atoms with van der Waals surface area (Å²) in [5.41, 5.74) is 0.618. The van der Waals surface area contributed by atoms with Crippen molar-refractivity contribution in [3.05, 3.63) is 29.3 Å². The first-order valence-corrected chi connectivity index (χ1v) is 8.36. The van der Waals surface area contributed by atoms with Crippen LogP contribution in [0.1, 0.15) is 26.7 Å². The molecule has 1 unspecified atom stereocenters. The van der Waals surface area contributed by atoms with Gasteiger partial charge in [0.2, 0.25) is 5.91 Å². The number of para-hydroxylation sites is 1. The molecule has 126 valence electrons. The van der Waals surface area contributed by atoms with E-state index in [0.717, 1.165) is 12.8 Å². The molecule has 1 saturated heterocycles. The van der Waals surface area contributed by atoms with Crippen LogP contribution in [0.3, 0.4) is 0 Å². The number of anilines is 1. The Kier molecular flexibility index (Phi) is 6.42. The largest absolute Gasteiger partial charge is 0.466 e. The summed E-state index contributed by atoms with van der Waals surface area (Å²) in [5.74, 6) is -0.266. The summed E-state index contributed by atoms with van der Waals surface area (Å²) >= 11 is 6.06. The second-order valence-corrected chi connectivity index (χ2v) is 6.11. The SMILES string of the molecule is CCOC(=O)C1CCN(C(C)C(=O)Nc2ccccc2Cl)CC1. The molecule has 1 aromatic rings. The van der Waals surface area contributed by atoms with E-state index in [4.69, 9.17) is 16.3 Å². The third-order valence-corrected chi connectivity index (χ3v) is 4.54. The fourth-order valence-electron chi connectivity index (χ4n) is 2.75. The van der Waals surface area contributed by atoms with Crippen LogP contribution in [0.5, 0.6) is 0 Å². The first-order chi connectivity index (χ1) is 11.0. The van der Waals surface area contributed by atoms with Crippen molar-refractivity contribution in [2.75, 3.05) is 25.0 Å². The Hall–Kier alpha value is -1.59. The van der Waals surface area contributed by atoms with Gasteiger partial charge in [-0.3, -0.25) is 14.5 Å². The highest BCUT2D eigenvalue weighted by molar-refractivity contribution is 6.33. The molecule has 1 atom stereocenters. The van der Waals surface area contributed by atoms with Crippen LogP contribution in [0.2, 0.25) is 5.02 Å². The number of hydrogen-bond acceptors (Lipinski definition) is 4. The van der Waals surface area contributed by atoms with Gasteiger partial charge in [-0.1, -0.05) is 23.7 Å². The minimum Gasteiger partial charge on any atom is -0.466 e. The molecule has 1 amide bonds. The number of hydrogen-bond donors (Lipinski definition) is 1. The number of halogens is 1. The van der Waals surface area contributed by atoms with E-state index in [1.165, 1.54) is 0 Å². The molecule has 5 nitrogen and oxygen atoms in total. The highest BCUT2D eigenvalue weighted by Gasteiger charge is 2.30. The maximum absolute atomic E-state index is 12.4. The third-order valence-electron chi connectivity index (χ3n) is 4.21. The fourth-order valence-corrected chi connectivity index (χ4v) is 2.93. The molecule has 0 saturated carbocycles. The number of amides is 1. The third kappa shape index (κ3) is 4.69. The van der Waals surface area contributed by atoms with Crippen LogP contribution in [0.25, 0.3) is 0 Å². The minimum atomic E-state index is -0.269. The predicted molar refractivity (Wildman–Crippen MR) is 90.5 cm³/mol. The van der Waals surface area contributed by atoms with E-state index in [9.17, 15) is 9.59 Å². The second-order valence-electron chi connectivity index (χ2n) is 5.71. The molecule has 1 heterocycles. The van der Waals surface area contributed by atoms with Crippen LogP contribution in [0.15, 0.2) is 24.3 Å². The molecule has 1 N–H and O–H groups in total. The maximum atomic E-state index is 12.4. The van der Waals surface area contributed by atoms with Crippen LogP contribution >= 0.6 is 11.6 Å². The van der Waals surface area contributed by atoms with Gasteiger partial charge in [0.1, 0.15) is 0 Å². The van der Waals surface area contributed by atoms with Gasteiger partial charge in [0.25, 0.3) is 0 Å². The lowest BCUT2D eigenvalue weighted by molar-refractivity contribution is -0.149. The monoisotopic (exact) mass is 338 g/mol. The average molecular weight is 339 g/mol. The Morgan fingerprint density at radius 3 is 2.61 bits per heavy atom. The van der Waals surface area contributed by atoms with Crippen LogP contribution in [-0.4, -0.2) is 42.5 Å². The van der Waals surface area contributed by atoms with Crippen LogP contribution < -0.4 is 5.32 Å². The van der Waals surface area contributed by atoms with Crippen molar-refractivity contribution in [1.82, 2.24) is 4.90 Å². The average Bonchev–Trinajstić information content (AvgIpc) is 2.56. The number of benzene rings is 1. The zero-order valence-corrected chi connectivity index (χ0v) is 14.3. The molecule has 0 aromatic heterocycles. The Labute approximate surface area is 141 Å². The van der Waals surface area contributed by atoms with E-state index in [1.807, 2.05) is 26.0 Å². The van der Waals surface area contributed by atoms with Crippen LogP contribution in [-0.2, 0) is 14.3 Å². The molecule has 1 aliphatic rings. The van der Waals surface area contributed by atoms with E-state index < -0.39 is 0 Å². The standard InChI is InChI=1S/C17H23ClN2O3/c1-3-23-17(22)13-8-10-20(11-9-13)12(2)16(21)19-15-7-5-4-6-14(15)18/h4-7,12-13H,3,8-11H2,1-2H3,(H,19,21). The number of nitrogens with one attached hydrogen (secondary N) is 1. The van der Waals surface area contributed by atoms with Gasteiger partial charge in [-0.25, -0.2) is 0 Å². The number of ether oxygens (including phenoxy) is 1. The molecule has 1 aromatic carbocycles. The molecule has 0 spiro atoms. The molecule has 0 bridgehead atoms. The molecule has 1 aliphatic heterocycles. The molecule has 0 radical (unpaired) electrons. The number of likely N-dealkylation sites (tertiary alicyclic amines) is 1. The van der Waals surface area contributed by atoms with Gasteiger partial charge in [0.15, 0.2) is 0 Å². The van der Waals surface area contributed by atoms with Gasteiger partial charge in [-0.2, -0.15) is 0 Å². The number of carbonyl (C=O) groups is 2. The van der Waals surface area contributed by atoms with Crippen molar-refractivity contribution in [3.8, 4) is 0 Å². The van der Waals surface area contributed by atoms with E-state index in [1.54, 1.807) is 12.1 Å². The normalized spacial score (nSPS) is 17.5. The van der Waals surface area contributed by atoms with Gasteiger partial charge in [-0.15, -0.1) is 0 Å². The van der Waals surface area contributed by atoms with Crippen LogP contribution in [0, 0.1) is 5.92 Å². The second kappa shape index (κ2) is 8.31. The minimum absolute atomic E-state index is 0.0509. The molecule has 0 aliphatic carbocycles. The van der Waals surface area contributed by atoms with Crippen molar-refractivity contribution < 1.29 is 14.3 Å². The predicted octanol–water partition coefficient (Wildman–Crippen LogP) is 2.94. The van der Waals surface area contributed by atoms with Crippen molar-refractivity contribution in [1.29, 1.82) is 0 Å². The van der Waals surface area contributed by atoms with Crippen molar-refractivity contribution >= 4 is 29.2 Å². The first-order valence-electron chi connectivity index (χ1n) is 7.99. The summed E-state index contributed by atoms with van der Waals surface area (Å²) in [7, 11) is 0. The zero-order valence-electron chi connectivity index (χ0n) is 13.5. The van der Waals surface area contributed by atoms with Gasteiger partial charge in [0, 0.05) is 0 Å². The molecule has 1 fully saturated rings. The number of esters is 1. The van der Waals surface area contributed by atoms with Crippen molar-refractivity contribution in [2.24, 2.45) is 5.92 Å². The molecule has 23 heavy (non-hydrogen) atoms. The summed E-state index contributed by atoms with van der Waals surface area (Å²) in [6, 6.07) is 6.90. The number of piperidine rings is 1. The Balaban J connectivity index is 1.87. The highest BCUT2D eigenvalue weighted by Crippen LogP contribution is 2.23. The lowest BCUT2D eigenvalue weighted by atomic mass is 9.96. The first kappa shape index (κ1) is 17.8. The number of nitrogens with zero attached hydrogens (tertiary/aromatic N) is 1. The van der Waals surface area contributed by atoms with Crippen molar-refractivity contribution in [3.63, 3.8) is 0 Å². The van der Waals surface area contributed by atoms with Crippen molar-refractivity contribution in [2.45, 2.75) is 32.7 Å². The quantitative estimate of drug-likeness (QED) is 0.839. The number of rotatable bonds is 5. The van der Waals surface area contributed by atoms with E-state index in [0.29, 0.717) is 30.4 Å². The zero-order chi connectivity index (χ0) is 16.8. The molecular formula is C17H23ClN2O3. The Morgan fingerprint density at radius 2 is 2.00 bits per heavy atom. The maximum Gasteiger partial charge on any atom is 0.309 e. The highest BCUT2D eigenvalue weighted by atomic mass is 35.5. The van der Waals surface area contributed by atoms with Gasteiger partial charge >= 0.3 is 5.97 Å². The smallest absolute Gasteiger partial charge is 0.309 e. The number of carbonyl (C=O) groups excluding carboxylic acids is 2. The van der Waals surface area contributed by atoms with Crippen LogP contribution in [0.4, 0.5) is 5.69 Å². The summed E-state index contributed by atoms with van der Waals surface area (Å²) in [6.07, 6.45) is 1.45. The topological polar surface area (TPSA) is 58.6 Å². The summed E-state index contributed by atoms with van der Waals surface area (Å²) in [4.78, 5) is 26.2. The van der Waals surface area contributed by atoms with E-state index in [2.05, 4.69) is 10.2 Å². The summed E-state index contributed by atoms with van der Waals surface area (Å²) in [6.45, 7) is 5.52. The van der Waals surface area contributed by atoms with Gasteiger partial charge < -0.3 is 10.1 Å². The molecule has 6 heteroatoms. The van der Waals surface area contributed by atoms with E-state index in [-0.39, 0.29) is 23.8 Å². The molecular weight excluding hydrogens is 316 g/mol. The Morgan fingerprint density at radius 1 is 1.35 bits per heavy atom. The Bertz CT molecular complexity index is 557. The van der Waals surface area contributed by atoms with E-state index >= 15 is 0 Å². The van der Waals surface area contributed by atoms with Gasteiger partial charge in [-0.05, 0) is 51.9 Å². The fraction of sp³-hybridized carbons (Fsp3) is 0.529. The summed E-state index contributed by atoms with van der Waals surface area (Å²) < 4.78 is 5.07. The van der Waals surface area contributed by atoms with Gasteiger partial charge in [0.05, 0.1) is 29.3 Å². The lowest BCUT2D eigenvalue weighted by Gasteiger charge is -2.34. The lowest BCUT2D eigenvalue weighted by Crippen LogP contribution is -2.47. The molecule has 2 rings (SSSR count).